The lowest BCUT2D eigenvalue weighted by Gasteiger charge is -2.17. The monoisotopic (exact) mass is 241 g/mol. The van der Waals surface area contributed by atoms with Gasteiger partial charge in [0.25, 0.3) is 0 Å². The zero-order chi connectivity index (χ0) is 12.5. The summed E-state index contributed by atoms with van der Waals surface area (Å²) >= 11 is 0. The van der Waals surface area contributed by atoms with Crippen LogP contribution in [0.3, 0.4) is 0 Å². The summed E-state index contributed by atoms with van der Waals surface area (Å²) in [5.74, 6) is 0. The Labute approximate surface area is 97.9 Å². The molecule has 1 N–H and O–H groups in total. The molecule has 1 unspecified atom stereocenters. The fourth-order valence-electron chi connectivity index (χ4n) is 1.83. The van der Waals surface area contributed by atoms with Crippen LogP contribution in [0.5, 0.6) is 0 Å². The molecule has 0 bridgehead atoms. The van der Waals surface area contributed by atoms with Gasteiger partial charge < -0.3 is 0 Å². The number of hydrogen-bond donors (Lipinski definition) is 1. The molecule has 1 rings (SSSR count). The Kier molecular flexibility index (Phi) is 3.76. The summed E-state index contributed by atoms with van der Waals surface area (Å²) in [6.07, 6.45) is 1.18. The number of aryl methyl sites for hydroxylation is 3. The van der Waals surface area contributed by atoms with Crippen molar-refractivity contribution >= 4 is 10.0 Å². The molecular formula is C12H19NO2S. The average Bonchev–Trinajstić information content (AvgIpc) is 2.08. The zero-order valence-corrected chi connectivity index (χ0v) is 11.3. The second kappa shape index (κ2) is 4.55. The van der Waals surface area contributed by atoms with Crippen LogP contribution >= 0.6 is 0 Å². The lowest BCUT2D eigenvalue weighted by molar-refractivity contribution is 0.572. The lowest BCUT2D eigenvalue weighted by atomic mass is 9.97. The van der Waals surface area contributed by atoms with E-state index in [9.17, 15) is 8.42 Å². The first-order chi connectivity index (χ1) is 7.20. The van der Waals surface area contributed by atoms with E-state index in [4.69, 9.17) is 0 Å². The van der Waals surface area contributed by atoms with Crippen molar-refractivity contribution in [3.8, 4) is 0 Å². The van der Waals surface area contributed by atoms with Gasteiger partial charge in [-0.1, -0.05) is 12.1 Å². The molecule has 90 valence electrons. The summed E-state index contributed by atoms with van der Waals surface area (Å²) in [5, 5.41) is 0. The van der Waals surface area contributed by atoms with Gasteiger partial charge in [0.1, 0.15) is 0 Å². The minimum Gasteiger partial charge on any atom is -0.213 e. The molecule has 0 saturated heterocycles. The van der Waals surface area contributed by atoms with E-state index in [-0.39, 0.29) is 6.04 Å². The number of hydrogen-bond acceptors (Lipinski definition) is 2. The van der Waals surface area contributed by atoms with Gasteiger partial charge in [-0.2, -0.15) is 0 Å². The van der Waals surface area contributed by atoms with Crippen molar-refractivity contribution in [2.75, 3.05) is 6.26 Å². The molecule has 3 nitrogen and oxygen atoms in total. The smallest absolute Gasteiger partial charge is 0.209 e. The van der Waals surface area contributed by atoms with E-state index in [1.54, 1.807) is 0 Å². The quantitative estimate of drug-likeness (QED) is 0.882. The molecule has 0 fully saturated rings. The minimum atomic E-state index is -3.16. The van der Waals surface area contributed by atoms with Crippen LogP contribution in [-0.4, -0.2) is 14.7 Å². The third kappa shape index (κ3) is 3.32. The number of rotatable bonds is 3. The average molecular weight is 241 g/mol. The molecule has 0 amide bonds. The number of benzene rings is 1. The second-order valence-corrected chi connectivity index (χ2v) is 6.18. The molecule has 0 spiro atoms. The van der Waals surface area contributed by atoms with E-state index in [0.29, 0.717) is 0 Å². The predicted octanol–water partition coefficient (Wildman–Crippen LogP) is 2.22. The fourth-order valence-corrected chi connectivity index (χ4v) is 2.60. The topological polar surface area (TPSA) is 46.2 Å². The maximum atomic E-state index is 11.2. The van der Waals surface area contributed by atoms with Gasteiger partial charge >= 0.3 is 0 Å². The normalized spacial score (nSPS) is 13.8. The van der Waals surface area contributed by atoms with Gasteiger partial charge in [-0.25, -0.2) is 13.1 Å². The van der Waals surface area contributed by atoms with Crippen LogP contribution in [0.15, 0.2) is 12.1 Å². The summed E-state index contributed by atoms with van der Waals surface area (Å²) in [5.41, 5.74) is 4.57. The summed E-state index contributed by atoms with van der Waals surface area (Å²) < 4.78 is 24.9. The second-order valence-electron chi connectivity index (χ2n) is 4.40. The third-order valence-corrected chi connectivity index (χ3v) is 3.52. The maximum absolute atomic E-state index is 11.2. The van der Waals surface area contributed by atoms with Crippen LogP contribution < -0.4 is 4.72 Å². The van der Waals surface area contributed by atoms with Gasteiger partial charge in [-0.3, -0.25) is 0 Å². The van der Waals surface area contributed by atoms with E-state index < -0.39 is 10.0 Å². The van der Waals surface area contributed by atoms with Crippen molar-refractivity contribution in [3.63, 3.8) is 0 Å². The lowest BCUT2D eigenvalue weighted by Crippen LogP contribution is -2.26. The Hall–Kier alpha value is -0.870. The highest BCUT2D eigenvalue weighted by Gasteiger charge is 2.13. The highest BCUT2D eigenvalue weighted by atomic mass is 32.2. The van der Waals surface area contributed by atoms with Gasteiger partial charge in [0.05, 0.1) is 6.26 Å². The van der Waals surface area contributed by atoms with Gasteiger partial charge in [0, 0.05) is 6.04 Å². The molecule has 1 aromatic rings. The van der Waals surface area contributed by atoms with Crippen molar-refractivity contribution < 1.29 is 8.42 Å². The highest BCUT2D eigenvalue weighted by molar-refractivity contribution is 7.88. The molecule has 0 aromatic heterocycles. The van der Waals surface area contributed by atoms with Crippen LogP contribution in [0.25, 0.3) is 0 Å². The van der Waals surface area contributed by atoms with E-state index in [1.165, 1.54) is 17.4 Å². The largest absolute Gasteiger partial charge is 0.213 e. The Morgan fingerprint density at radius 1 is 1.06 bits per heavy atom. The SMILES string of the molecule is Cc1cc(C)c(C(C)NS(C)(=O)=O)cc1C. The molecule has 0 heterocycles. The molecule has 0 aliphatic carbocycles. The standard InChI is InChI=1S/C12H19NO2S/c1-8-6-10(3)12(7-9(8)2)11(4)13-16(5,14)15/h6-7,11,13H,1-5H3. The fraction of sp³-hybridized carbons (Fsp3) is 0.500. The van der Waals surface area contributed by atoms with E-state index in [0.717, 1.165) is 11.1 Å². The number of nitrogens with one attached hydrogen (secondary N) is 1. The Morgan fingerprint density at radius 3 is 2.06 bits per heavy atom. The predicted molar refractivity (Wildman–Crippen MR) is 67.0 cm³/mol. The Balaban J connectivity index is 3.09. The zero-order valence-electron chi connectivity index (χ0n) is 10.5. The third-order valence-electron chi connectivity index (χ3n) is 2.74. The van der Waals surface area contributed by atoms with Crippen LogP contribution in [-0.2, 0) is 10.0 Å². The van der Waals surface area contributed by atoms with Crippen molar-refractivity contribution in [3.05, 3.63) is 34.4 Å². The van der Waals surface area contributed by atoms with Crippen LogP contribution in [0.4, 0.5) is 0 Å². The summed E-state index contributed by atoms with van der Waals surface area (Å²) in [6.45, 7) is 7.95. The summed E-state index contributed by atoms with van der Waals surface area (Å²) in [7, 11) is -3.16. The summed E-state index contributed by atoms with van der Waals surface area (Å²) in [4.78, 5) is 0. The summed E-state index contributed by atoms with van der Waals surface area (Å²) in [6, 6.07) is 3.95. The number of sulfonamides is 1. The maximum Gasteiger partial charge on any atom is 0.209 e. The molecule has 0 radical (unpaired) electrons. The first kappa shape index (κ1) is 13.2. The minimum absolute atomic E-state index is 0.186. The molecule has 1 atom stereocenters. The molecular weight excluding hydrogens is 222 g/mol. The van der Waals surface area contributed by atoms with Gasteiger partial charge in [0.2, 0.25) is 10.0 Å². The highest BCUT2D eigenvalue weighted by Crippen LogP contribution is 2.21. The molecule has 0 aliphatic heterocycles. The van der Waals surface area contributed by atoms with Crippen molar-refractivity contribution in [1.29, 1.82) is 0 Å². The van der Waals surface area contributed by atoms with Crippen molar-refractivity contribution in [2.45, 2.75) is 33.7 Å². The van der Waals surface area contributed by atoms with Gasteiger partial charge in [0.15, 0.2) is 0 Å². The Bertz CT molecular complexity index is 492. The van der Waals surface area contributed by atoms with Crippen molar-refractivity contribution in [2.24, 2.45) is 0 Å². The molecule has 0 aliphatic rings. The first-order valence-electron chi connectivity index (χ1n) is 5.26. The van der Waals surface area contributed by atoms with Crippen molar-refractivity contribution in [1.82, 2.24) is 4.72 Å². The molecule has 4 heteroatoms. The van der Waals surface area contributed by atoms with Crippen LogP contribution in [0.2, 0.25) is 0 Å². The van der Waals surface area contributed by atoms with Gasteiger partial charge in [-0.05, 0) is 49.9 Å². The van der Waals surface area contributed by atoms with Crippen LogP contribution in [0.1, 0.15) is 35.2 Å². The van der Waals surface area contributed by atoms with Gasteiger partial charge in [-0.15, -0.1) is 0 Å². The van der Waals surface area contributed by atoms with E-state index in [1.807, 2.05) is 26.8 Å². The molecule has 16 heavy (non-hydrogen) atoms. The van der Waals surface area contributed by atoms with E-state index >= 15 is 0 Å². The first-order valence-corrected chi connectivity index (χ1v) is 7.15. The molecule has 0 saturated carbocycles. The van der Waals surface area contributed by atoms with E-state index in [2.05, 4.69) is 17.7 Å². The Morgan fingerprint density at radius 2 is 1.56 bits per heavy atom. The molecule has 1 aromatic carbocycles. The van der Waals surface area contributed by atoms with Crippen LogP contribution in [0, 0.1) is 20.8 Å².